The van der Waals surface area contributed by atoms with Gasteiger partial charge >= 0.3 is 0 Å². The zero-order chi connectivity index (χ0) is 22.2. The lowest BCUT2D eigenvalue weighted by atomic mass is 10.1. The molecule has 9 heteroatoms. The van der Waals surface area contributed by atoms with Gasteiger partial charge in [0.15, 0.2) is 0 Å². The Balaban J connectivity index is 1.75. The fourth-order valence-electron chi connectivity index (χ4n) is 4.01. The second-order valence-corrected chi connectivity index (χ2v) is 9.56. The fraction of sp³-hybridized carbons (Fsp3) is 0.381. The van der Waals surface area contributed by atoms with Crippen LogP contribution in [-0.4, -0.2) is 54.6 Å². The lowest BCUT2D eigenvalue weighted by Crippen LogP contribution is -2.50. The monoisotopic (exact) mass is 431 g/mol. The quantitative estimate of drug-likeness (QED) is 0.547. The number of nitro groups is 1. The van der Waals surface area contributed by atoms with Crippen LogP contribution in [0.25, 0.3) is 0 Å². The topological polar surface area (TPSA) is 101 Å². The Morgan fingerprint density at radius 2 is 1.50 bits per heavy atom. The Kier molecular flexibility index (Phi) is 5.96. The predicted molar refractivity (Wildman–Crippen MR) is 113 cm³/mol. The maximum Gasteiger partial charge on any atom is 0.272 e. The van der Waals surface area contributed by atoms with Gasteiger partial charge in [-0.1, -0.05) is 17.7 Å². The Bertz CT molecular complexity index is 1100. The fourth-order valence-corrected chi connectivity index (χ4v) is 5.84. The highest BCUT2D eigenvalue weighted by atomic mass is 32.2. The van der Waals surface area contributed by atoms with E-state index in [1.165, 1.54) is 22.5 Å². The van der Waals surface area contributed by atoms with E-state index >= 15 is 0 Å². The maximum absolute atomic E-state index is 13.2. The molecule has 1 aliphatic heterocycles. The third-order valence-corrected chi connectivity index (χ3v) is 7.57. The van der Waals surface area contributed by atoms with Crippen LogP contribution >= 0.6 is 0 Å². The standard InChI is InChI=1S/C21H25N3O5S/c1-14-11-16(3)20(17(4)12-14)30(28,29)23-9-7-22(8-10-23)21(25)18-5-6-19(24(26)27)15(2)13-18/h5-6,11-13H,7-10H2,1-4H3. The molecule has 0 aliphatic carbocycles. The molecule has 0 radical (unpaired) electrons. The van der Waals surface area contributed by atoms with Gasteiger partial charge in [-0.05, 0) is 51.0 Å². The van der Waals surface area contributed by atoms with Crippen LogP contribution in [0.4, 0.5) is 5.69 Å². The van der Waals surface area contributed by atoms with Crippen molar-refractivity contribution >= 4 is 21.6 Å². The van der Waals surface area contributed by atoms with Gasteiger partial charge in [-0.25, -0.2) is 8.42 Å². The minimum Gasteiger partial charge on any atom is -0.336 e. The summed E-state index contributed by atoms with van der Waals surface area (Å²) in [5.74, 6) is -0.257. The smallest absolute Gasteiger partial charge is 0.272 e. The summed E-state index contributed by atoms with van der Waals surface area (Å²) in [6.45, 7) is 8.04. The molecule has 1 saturated heterocycles. The molecule has 1 aliphatic rings. The van der Waals surface area contributed by atoms with Crippen LogP contribution in [0.5, 0.6) is 0 Å². The number of aryl methyl sites for hydroxylation is 4. The largest absolute Gasteiger partial charge is 0.336 e. The first-order chi connectivity index (χ1) is 14.0. The highest BCUT2D eigenvalue weighted by molar-refractivity contribution is 7.89. The molecule has 1 amide bonds. The molecule has 1 fully saturated rings. The molecule has 1 heterocycles. The van der Waals surface area contributed by atoms with Crippen molar-refractivity contribution in [3.63, 3.8) is 0 Å². The van der Waals surface area contributed by atoms with Gasteiger partial charge in [0.25, 0.3) is 11.6 Å². The molecule has 0 spiro atoms. The third-order valence-electron chi connectivity index (χ3n) is 5.37. The average molecular weight is 432 g/mol. The number of hydrogen-bond donors (Lipinski definition) is 0. The highest BCUT2D eigenvalue weighted by Crippen LogP contribution is 2.26. The SMILES string of the molecule is Cc1cc(C)c(S(=O)(=O)N2CCN(C(=O)c3ccc([N+](=O)[O-])c(C)c3)CC2)c(C)c1. The van der Waals surface area contributed by atoms with Crippen LogP contribution in [0.2, 0.25) is 0 Å². The molecule has 0 bridgehead atoms. The van der Waals surface area contributed by atoms with E-state index in [0.29, 0.717) is 27.1 Å². The van der Waals surface area contributed by atoms with Gasteiger partial charge in [-0.15, -0.1) is 0 Å². The van der Waals surface area contributed by atoms with Crippen LogP contribution in [0.1, 0.15) is 32.6 Å². The number of nitro benzene ring substituents is 1. The van der Waals surface area contributed by atoms with E-state index in [1.54, 1.807) is 25.7 Å². The molecule has 0 atom stereocenters. The summed E-state index contributed by atoms with van der Waals surface area (Å²) in [4.78, 5) is 25.2. The molecule has 0 unspecified atom stereocenters. The molecular weight excluding hydrogens is 406 g/mol. The number of nitrogens with zero attached hydrogens (tertiary/aromatic N) is 3. The number of amides is 1. The van der Waals surface area contributed by atoms with E-state index in [4.69, 9.17) is 0 Å². The summed E-state index contributed by atoms with van der Waals surface area (Å²) in [5, 5.41) is 11.0. The maximum atomic E-state index is 13.2. The van der Waals surface area contributed by atoms with Gasteiger partial charge in [0.05, 0.1) is 9.82 Å². The second kappa shape index (κ2) is 8.16. The molecular formula is C21H25N3O5S. The Hall–Kier alpha value is -2.78. The number of piperazine rings is 1. The lowest BCUT2D eigenvalue weighted by molar-refractivity contribution is -0.385. The zero-order valence-corrected chi connectivity index (χ0v) is 18.3. The highest BCUT2D eigenvalue weighted by Gasteiger charge is 2.32. The van der Waals surface area contributed by atoms with E-state index in [0.717, 1.165) is 5.56 Å². The van der Waals surface area contributed by atoms with Crippen molar-refractivity contribution in [2.75, 3.05) is 26.2 Å². The Morgan fingerprint density at radius 3 is 2.00 bits per heavy atom. The number of hydrogen-bond acceptors (Lipinski definition) is 5. The van der Waals surface area contributed by atoms with E-state index in [9.17, 15) is 23.3 Å². The number of benzene rings is 2. The van der Waals surface area contributed by atoms with Crippen molar-refractivity contribution in [1.29, 1.82) is 0 Å². The van der Waals surface area contributed by atoms with Crippen LogP contribution < -0.4 is 0 Å². The third kappa shape index (κ3) is 4.08. The summed E-state index contributed by atoms with van der Waals surface area (Å²) >= 11 is 0. The van der Waals surface area contributed by atoms with E-state index in [1.807, 2.05) is 19.1 Å². The molecule has 2 aromatic carbocycles. The number of carbonyl (C=O) groups excluding carboxylic acids is 1. The Labute approximate surface area is 176 Å². The van der Waals surface area contributed by atoms with E-state index in [2.05, 4.69) is 0 Å². The van der Waals surface area contributed by atoms with Crippen molar-refractivity contribution in [3.05, 3.63) is 68.3 Å². The Morgan fingerprint density at radius 1 is 0.933 bits per heavy atom. The summed E-state index contributed by atoms with van der Waals surface area (Å²) in [5.41, 5.74) is 3.18. The first-order valence-electron chi connectivity index (χ1n) is 9.64. The molecule has 0 saturated carbocycles. The first kappa shape index (κ1) is 21.9. The van der Waals surface area contributed by atoms with Crippen LogP contribution in [0.3, 0.4) is 0 Å². The molecule has 0 aromatic heterocycles. The van der Waals surface area contributed by atoms with Gasteiger partial charge in [-0.3, -0.25) is 14.9 Å². The predicted octanol–water partition coefficient (Wildman–Crippen LogP) is 2.98. The lowest BCUT2D eigenvalue weighted by Gasteiger charge is -2.34. The molecule has 2 aromatic rings. The van der Waals surface area contributed by atoms with Crippen molar-refractivity contribution < 1.29 is 18.1 Å². The van der Waals surface area contributed by atoms with E-state index in [-0.39, 0.29) is 37.8 Å². The summed E-state index contributed by atoms with van der Waals surface area (Å²) in [7, 11) is -3.66. The van der Waals surface area contributed by atoms with Crippen LogP contribution in [0.15, 0.2) is 35.2 Å². The molecule has 8 nitrogen and oxygen atoms in total. The minimum absolute atomic E-state index is 0.0358. The molecule has 0 N–H and O–H groups in total. The molecule has 160 valence electrons. The van der Waals surface area contributed by atoms with Gasteiger partial charge in [0, 0.05) is 43.4 Å². The van der Waals surface area contributed by atoms with Crippen LogP contribution in [0, 0.1) is 37.8 Å². The zero-order valence-electron chi connectivity index (χ0n) is 17.5. The summed E-state index contributed by atoms with van der Waals surface area (Å²) < 4.78 is 27.8. The van der Waals surface area contributed by atoms with Gasteiger partial charge < -0.3 is 4.90 Å². The van der Waals surface area contributed by atoms with Gasteiger partial charge in [0.2, 0.25) is 10.0 Å². The first-order valence-corrected chi connectivity index (χ1v) is 11.1. The van der Waals surface area contributed by atoms with Crippen molar-refractivity contribution in [3.8, 4) is 0 Å². The van der Waals surface area contributed by atoms with Crippen molar-refractivity contribution in [2.24, 2.45) is 0 Å². The van der Waals surface area contributed by atoms with Gasteiger partial charge in [0.1, 0.15) is 0 Å². The second-order valence-electron chi connectivity index (χ2n) is 7.68. The number of carbonyl (C=O) groups is 1. The van der Waals surface area contributed by atoms with Crippen LogP contribution in [-0.2, 0) is 10.0 Å². The number of rotatable bonds is 4. The van der Waals surface area contributed by atoms with Crippen molar-refractivity contribution in [2.45, 2.75) is 32.6 Å². The normalized spacial score (nSPS) is 15.3. The van der Waals surface area contributed by atoms with E-state index < -0.39 is 14.9 Å². The summed E-state index contributed by atoms with van der Waals surface area (Å²) in [6.07, 6.45) is 0. The minimum atomic E-state index is -3.66. The number of sulfonamides is 1. The van der Waals surface area contributed by atoms with Gasteiger partial charge in [-0.2, -0.15) is 4.31 Å². The summed E-state index contributed by atoms with van der Waals surface area (Å²) in [6, 6.07) is 7.98. The van der Waals surface area contributed by atoms with Crippen molar-refractivity contribution in [1.82, 2.24) is 9.21 Å². The average Bonchev–Trinajstić information content (AvgIpc) is 2.66. The molecule has 3 rings (SSSR count). The molecule has 30 heavy (non-hydrogen) atoms.